The van der Waals surface area contributed by atoms with Gasteiger partial charge >= 0.3 is 24.3 Å². The number of piperidine rings is 1. The molecule has 2 N–H and O–H groups in total. The first kappa shape index (κ1) is 33.4. The first-order valence-electron chi connectivity index (χ1n) is 12.4. The van der Waals surface area contributed by atoms with Gasteiger partial charge in [0.2, 0.25) is 5.91 Å². The van der Waals surface area contributed by atoms with Crippen LogP contribution in [0.5, 0.6) is 5.75 Å². The fraction of sp³-hybridized carbons (Fsp3) is 0.520. The second-order valence-electron chi connectivity index (χ2n) is 9.11. The first-order valence-corrected chi connectivity index (χ1v) is 12.4. The van der Waals surface area contributed by atoms with Crippen LogP contribution in [0.3, 0.4) is 0 Å². The fourth-order valence-corrected chi connectivity index (χ4v) is 4.16. The molecule has 0 bridgehead atoms. The summed E-state index contributed by atoms with van der Waals surface area (Å²) >= 11 is 0. The molecule has 1 fully saturated rings. The van der Waals surface area contributed by atoms with Gasteiger partial charge in [0.15, 0.2) is 0 Å². The van der Waals surface area contributed by atoms with Crippen LogP contribution in [-0.2, 0) is 27.5 Å². The Hall–Kier alpha value is -3.82. The largest absolute Gasteiger partial charge is 0.490 e. The van der Waals surface area contributed by atoms with Crippen molar-refractivity contribution in [2.75, 3.05) is 26.2 Å². The lowest BCUT2D eigenvalue weighted by Crippen LogP contribution is -2.45. The van der Waals surface area contributed by atoms with Gasteiger partial charge in [0.05, 0.1) is 25.8 Å². The van der Waals surface area contributed by atoms with E-state index in [1.807, 2.05) is 23.1 Å². The molecular weight excluding hydrogens is 566 g/mol. The number of pyridine rings is 1. The van der Waals surface area contributed by atoms with E-state index in [0.29, 0.717) is 13.1 Å². The highest BCUT2D eigenvalue weighted by molar-refractivity contribution is 5.79. The zero-order valence-corrected chi connectivity index (χ0v) is 21.9. The minimum Gasteiger partial charge on any atom is -0.485 e. The summed E-state index contributed by atoms with van der Waals surface area (Å²) in [6, 6.07) is 7.94. The number of aromatic nitrogens is 2. The second kappa shape index (κ2) is 14.7. The summed E-state index contributed by atoms with van der Waals surface area (Å²) in [4.78, 5) is 39.6. The van der Waals surface area contributed by atoms with E-state index in [4.69, 9.17) is 24.5 Å². The van der Waals surface area contributed by atoms with E-state index >= 15 is 0 Å². The number of alkyl halides is 6. The van der Waals surface area contributed by atoms with E-state index in [-0.39, 0.29) is 17.9 Å². The fourth-order valence-electron chi connectivity index (χ4n) is 4.16. The third-order valence-corrected chi connectivity index (χ3v) is 6.22. The number of aliphatic carboxylic acids is 2. The third-order valence-electron chi connectivity index (χ3n) is 6.22. The number of carbonyl (C=O) groups excluding carboxylic acids is 1. The van der Waals surface area contributed by atoms with E-state index in [0.717, 1.165) is 44.8 Å². The zero-order chi connectivity index (χ0) is 30.8. The average molecular weight is 597 g/mol. The number of amides is 1. The van der Waals surface area contributed by atoms with Crippen molar-refractivity contribution in [1.82, 2.24) is 19.4 Å². The number of carboxylic acid groups (broad SMARTS) is 2. The summed E-state index contributed by atoms with van der Waals surface area (Å²) in [5.74, 6) is -4.35. The minimum atomic E-state index is -5.08. The topological polar surface area (TPSA) is 125 Å². The van der Waals surface area contributed by atoms with Crippen molar-refractivity contribution in [2.24, 2.45) is 5.92 Å². The van der Waals surface area contributed by atoms with Gasteiger partial charge in [-0.05, 0) is 56.7 Å². The van der Waals surface area contributed by atoms with Crippen LogP contribution < -0.4 is 4.74 Å². The Kier molecular flexibility index (Phi) is 12.0. The van der Waals surface area contributed by atoms with Crippen LogP contribution in [0.1, 0.15) is 25.5 Å². The summed E-state index contributed by atoms with van der Waals surface area (Å²) in [5.41, 5.74) is 1.17. The molecule has 2 aliphatic heterocycles. The van der Waals surface area contributed by atoms with Gasteiger partial charge < -0.3 is 29.3 Å². The Labute approximate surface area is 231 Å². The van der Waals surface area contributed by atoms with E-state index < -0.39 is 24.3 Å². The van der Waals surface area contributed by atoms with E-state index in [2.05, 4.69) is 33.6 Å². The predicted molar refractivity (Wildman–Crippen MR) is 131 cm³/mol. The monoisotopic (exact) mass is 596 g/mol. The molecule has 10 nitrogen and oxygen atoms in total. The number of carboxylic acids is 2. The SMILES string of the molecule is CCN1CCC(C(=O)N2Cc3cccn3CC(Oc3cccnc3)C2)CC1.O=C(O)C(F)(F)F.O=C(O)C(F)(F)F. The average Bonchev–Trinajstić information content (AvgIpc) is 3.26. The van der Waals surface area contributed by atoms with Crippen molar-refractivity contribution in [3.8, 4) is 5.75 Å². The number of carbonyl (C=O) groups is 3. The Morgan fingerprint density at radius 2 is 1.56 bits per heavy atom. The van der Waals surface area contributed by atoms with Crippen LogP contribution in [0.25, 0.3) is 0 Å². The van der Waals surface area contributed by atoms with Gasteiger partial charge in [0, 0.05) is 24.0 Å². The Morgan fingerprint density at radius 1 is 0.976 bits per heavy atom. The maximum atomic E-state index is 13.3. The lowest BCUT2D eigenvalue weighted by atomic mass is 9.95. The number of hydrogen-bond acceptors (Lipinski definition) is 6. The molecule has 41 heavy (non-hydrogen) atoms. The molecule has 2 aliphatic rings. The highest BCUT2D eigenvalue weighted by Crippen LogP contribution is 2.24. The van der Waals surface area contributed by atoms with Gasteiger partial charge in [-0.25, -0.2) is 9.59 Å². The Bertz CT molecular complexity index is 1110. The number of rotatable bonds is 4. The van der Waals surface area contributed by atoms with Crippen molar-refractivity contribution in [3.05, 3.63) is 48.5 Å². The van der Waals surface area contributed by atoms with Crippen molar-refractivity contribution in [3.63, 3.8) is 0 Å². The molecular formula is C25H30F6N4O6. The van der Waals surface area contributed by atoms with Gasteiger partial charge in [0.25, 0.3) is 0 Å². The summed E-state index contributed by atoms with van der Waals surface area (Å²) in [7, 11) is 0. The molecule has 0 spiro atoms. The summed E-state index contributed by atoms with van der Waals surface area (Å²) in [5, 5.41) is 14.2. The first-order chi connectivity index (χ1) is 19.1. The zero-order valence-electron chi connectivity index (χ0n) is 21.9. The predicted octanol–water partition coefficient (Wildman–Crippen LogP) is 3.67. The summed E-state index contributed by atoms with van der Waals surface area (Å²) < 4.78 is 71.9. The highest BCUT2D eigenvalue weighted by atomic mass is 19.4. The number of nitrogens with zero attached hydrogens (tertiary/aromatic N) is 4. The summed E-state index contributed by atoms with van der Waals surface area (Å²) in [6.45, 7) is 7.32. The smallest absolute Gasteiger partial charge is 0.485 e. The molecule has 16 heteroatoms. The highest BCUT2D eigenvalue weighted by Gasteiger charge is 2.39. The molecule has 0 aromatic carbocycles. The van der Waals surface area contributed by atoms with Gasteiger partial charge in [-0.3, -0.25) is 9.78 Å². The molecule has 1 amide bonds. The van der Waals surface area contributed by atoms with Crippen LogP contribution in [0.4, 0.5) is 26.3 Å². The molecule has 4 rings (SSSR count). The standard InChI is InChI=1S/C21H28N4O2.2C2HF3O2/c1-2-23-11-7-17(8-12-23)21(26)25-14-18-5-4-10-24(18)15-20(16-25)27-19-6-3-9-22-13-19;2*3-2(4,5)1(6)7/h3-6,9-10,13,17,20H,2,7-8,11-12,14-16H2,1H3;2*(H,6,7). The Morgan fingerprint density at radius 3 is 2.05 bits per heavy atom. The molecule has 228 valence electrons. The van der Waals surface area contributed by atoms with Crippen LogP contribution in [0.2, 0.25) is 0 Å². The number of hydrogen-bond donors (Lipinski definition) is 2. The van der Waals surface area contributed by atoms with Crippen molar-refractivity contribution < 1.29 is 55.7 Å². The van der Waals surface area contributed by atoms with Crippen LogP contribution in [-0.4, -0.2) is 92.0 Å². The lowest BCUT2D eigenvalue weighted by Gasteiger charge is -2.34. The minimum absolute atomic E-state index is 0.0810. The third kappa shape index (κ3) is 10.9. The van der Waals surface area contributed by atoms with Gasteiger partial charge in [-0.1, -0.05) is 6.92 Å². The molecule has 2 aromatic heterocycles. The molecule has 1 unspecified atom stereocenters. The van der Waals surface area contributed by atoms with E-state index in [9.17, 15) is 31.1 Å². The van der Waals surface area contributed by atoms with Crippen molar-refractivity contribution in [2.45, 2.75) is 51.3 Å². The quantitative estimate of drug-likeness (QED) is 0.513. The van der Waals surface area contributed by atoms with E-state index in [1.165, 1.54) is 5.69 Å². The molecule has 1 atom stereocenters. The normalized spacial score (nSPS) is 18.0. The van der Waals surface area contributed by atoms with E-state index in [1.54, 1.807) is 12.4 Å². The lowest BCUT2D eigenvalue weighted by molar-refractivity contribution is -0.193. The van der Waals surface area contributed by atoms with Crippen molar-refractivity contribution >= 4 is 17.8 Å². The number of fused-ring (bicyclic) bond motifs is 1. The number of likely N-dealkylation sites (tertiary alicyclic amines) is 1. The maximum absolute atomic E-state index is 13.3. The second-order valence-corrected chi connectivity index (χ2v) is 9.11. The van der Waals surface area contributed by atoms with Gasteiger partial charge in [-0.15, -0.1) is 0 Å². The molecule has 4 heterocycles. The number of ether oxygens (including phenoxy) is 1. The van der Waals surface area contributed by atoms with Crippen molar-refractivity contribution in [1.29, 1.82) is 0 Å². The Balaban J connectivity index is 0.000000349. The number of halogens is 6. The van der Waals surface area contributed by atoms with Crippen LogP contribution in [0.15, 0.2) is 42.9 Å². The van der Waals surface area contributed by atoms with Gasteiger partial charge in [-0.2, -0.15) is 26.3 Å². The van der Waals surface area contributed by atoms with Crippen LogP contribution in [0, 0.1) is 5.92 Å². The molecule has 1 saturated heterocycles. The molecule has 0 saturated carbocycles. The molecule has 0 aliphatic carbocycles. The molecule has 2 aromatic rings. The summed E-state index contributed by atoms with van der Waals surface area (Å²) in [6.07, 6.45) is -2.79. The van der Waals surface area contributed by atoms with Gasteiger partial charge in [0.1, 0.15) is 11.9 Å². The maximum Gasteiger partial charge on any atom is 0.490 e. The van der Waals surface area contributed by atoms with Crippen LogP contribution >= 0.6 is 0 Å². The molecule has 0 radical (unpaired) electrons.